The van der Waals surface area contributed by atoms with Crippen LogP contribution in [0.4, 0.5) is 0 Å². The Balaban J connectivity index is 3.13. The second-order valence-corrected chi connectivity index (χ2v) is 13.5. The molecule has 40 heavy (non-hydrogen) atoms. The highest BCUT2D eigenvalue weighted by Gasteiger charge is 2.04. The first-order chi connectivity index (χ1) is 19.8. The topological polar surface area (TPSA) is 20.2 Å². The molecule has 0 amide bonds. The van der Waals surface area contributed by atoms with Gasteiger partial charge >= 0.3 is 0 Å². The van der Waals surface area contributed by atoms with Gasteiger partial charge in [0, 0.05) is 0 Å². The number of rotatable bonds is 36. The summed E-state index contributed by atoms with van der Waals surface area (Å²) in [6, 6.07) is 0. The lowest BCUT2D eigenvalue weighted by Crippen LogP contribution is -2.05. The van der Waals surface area contributed by atoms with E-state index in [4.69, 9.17) is 0 Å². The highest BCUT2D eigenvalue weighted by atomic mass is 16.3. The van der Waals surface area contributed by atoms with Gasteiger partial charge in [0.2, 0.25) is 0 Å². The normalized spacial score (nSPS) is 11.7. The van der Waals surface area contributed by atoms with Crippen LogP contribution in [0.1, 0.15) is 245 Å². The highest BCUT2D eigenvalue weighted by Crippen LogP contribution is 2.17. The van der Waals surface area contributed by atoms with Crippen molar-refractivity contribution in [2.75, 3.05) is 0 Å². The number of aliphatic hydroxyl groups is 1. The molecular weight excluding hydrogens is 484 g/mol. The van der Waals surface area contributed by atoms with E-state index in [2.05, 4.69) is 13.8 Å². The standard InChI is InChI=1S/C39H80O/c1-3-5-7-9-11-13-15-17-19-21-23-25-27-29-31-33-35-37-39(40)38-36-34-32-30-28-26-24-22-20-18-16-14-12-10-8-6-4-2/h39-40H,3-38H2,1-2H3. The molecule has 0 saturated heterocycles. The van der Waals surface area contributed by atoms with E-state index in [1.807, 2.05) is 0 Å². The van der Waals surface area contributed by atoms with Crippen molar-refractivity contribution in [3.05, 3.63) is 0 Å². The first kappa shape index (κ1) is 40.0. The van der Waals surface area contributed by atoms with Crippen molar-refractivity contribution >= 4 is 0 Å². The zero-order valence-electron chi connectivity index (χ0n) is 28.5. The molecule has 0 aromatic heterocycles. The molecule has 0 saturated carbocycles. The van der Waals surface area contributed by atoms with E-state index in [1.165, 1.54) is 218 Å². The van der Waals surface area contributed by atoms with E-state index in [0.29, 0.717) is 0 Å². The van der Waals surface area contributed by atoms with Crippen LogP contribution < -0.4 is 0 Å². The second kappa shape index (κ2) is 37.0. The Labute approximate surface area is 255 Å². The smallest absolute Gasteiger partial charge is 0.0540 e. The zero-order chi connectivity index (χ0) is 29.0. The molecule has 0 rings (SSSR count). The summed E-state index contributed by atoms with van der Waals surface area (Å²) >= 11 is 0. The van der Waals surface area contributed by atoms with Crippen LogP contribution in [0.25, 0.3) is 0 Å². The molecule has 1 N–H and O–H groups in total. The van der Waals surface area contributed by atoms with Gasteiger partial charge in [-0.3, -0.25) is 0 Å². The monoisotopic (exact) mass is 565 g/mol. The van der Waals surface area contributed by atoms with Crippen LogP contribution in [0.15, 0.2) is 0 Å². The molecule has 0 bridgehead atoms. The third-order valence-electron chi connectivity index (χ3n) is 9.28. The van der Waals surface area contributed by atoms with Gasteiger partial charge in [-0.25, -0.2) is 0 Å². The molecule has 0 aromatic carbocycles. The van der Waals surface area contributed by atoms with Crippen LogP contribution in [-0.2, 0) is 0 Å². The molecule has 0 spiro atoms. The lowest BCUT2D eigenvalue weighted by molar-refractivity contribution is 0.147. The van der Waals surface area contributed by atoms with E-state index in [0.717, 1.165) is 12.8 Å². The van der Waals surface area contributed by atoms with Gasteiger partial charge in [-0.15, -0.1) is 0 Å². The van der Waals surface area contributed by atoms with Gasteiger partial charge in [0.05, 0.1) is 6.10 Å². The van der Waals surface area contributed by atoms with Crippen molar-refractivity contribution < 1.29 is 5.11 Å². The molecule has 0 fully saturated rings. The minimum Gasteiger partial charge on any atom is -0.393 e. The van der Waals surface area contributed by atoms with Crippen LogP contribution in [0, 0.1) is 0 Å². The van der Waals surface area contributed by atoms with Crippen molar-refractivity contribution in [3.63, 3.8) is 0 Å². The third-order valence-corrected chi connectivity index (χ3v) is 9.28. The van der Waals surface area contributed by atoms with Crippen LogP contribution >= 0.6 is 0 Å². The number of aliphatic hydroxyl groups excluding tert-OH is 1. The molecule has 0 radical (unpaired) electrons. The molecule has 0 aliphatic heterocycles. The van der Waals surface area contributed by atoms with Crippen molar-refractivity contribution in [1.29, 1.82) is 0 Å². The minimum atomic E-state index is -0.0346. The third kappa shape index (κ3) is 36.0. The number of unbranched alkanes of at least 4 members (excludes halogenated alkanes) is 32. The summed E-state index contributed by atoms with van der Waals surface area (Å²) in [5, 5.41) is 10.3. The first-order valence-electron chi connectivity index (χ1n) is 19.5. The Morgan fingerprint density at radius 1 is 0.250 bits per heavy atom. The average Bonchev–Trinajstić information content (AvgIpc) is 2.96. The number of hydrogen-bond donors (Lipinski definition) is 1. The summed E-state index contributed by atoms with van der Waals surface area (Å²) in [7, 11) is 0. The van der Waals surface area contributed by atoms with Gasteiger partial charge < -0.3 is 5.11 Å². The zero-order valence-corrected chi connectivity index (χ0v) is 28.5. The fourth-order valence-corrected chi connectivity index (χ4v) is 6.35. The summed E-state index contributed by atoms with van der Waals surface area (Å²) < 4.78 is 0. The minimum absolute atomic E-state index is 0.0346. The van der Waals surface area contributed by atoms with Gasteiger partial charge in [0.25, 0.3) is 0 Å². The fraction of sp³-hybridized carbons (Fsp3) is 1.00. The summed E-state index contributed by atoms with van der Waals surface area (Å²) in [6.45, 7) is 4.60. The van der Waals surface area contributed by atoms with E-state index < -0.39 is 0 Å². The van der Waals surface area contributed by atoms with E-state index in [-0.39, 0.29) is 6.10 Å². The Morgan fingerprint density at radius 3 is 0.575 bits per heavy atom. The summed E-state index contributed by atoms with van der Waals surface area (Å²) in [4.78, 5) is 0. The van der Waals surface area contributed by atoms with Crippen molar-refractivity contribution in [1.82, 2.24) is 0 Å². The second-order valence-electron chi connectivity index (χ2n) is 13.5. The predicted octanol–water partition coefficient (Wildman–Crippen LogP) is 14.4. The molecular formula is C39H80O. The molecule has 0 heterocycles. The molecule has 0 aliphatic carbocycles. The summed E-state index contributed by atoms with van der Waals surface area (Å²) in [5.74, 6) is 0. The molecule has 0 atom stereocenters. The van der Waals surface area contributed by atoms with Crippen molar-refractivity contribution in [3.8, 4) is 0 Å². The summed E-state index contributed by atoms with van der Waals surface area (Å²) in [5.41, 5.74) is 0. The van der Waals surface area contributed by atoms with E-state index >= 15 is 0 Å². The van der Waals surface area contributed by atoms with E-state index in [1.54, 1.807) is 0 Å². The Kier molecular flexibility index (Phi) is 36.9. The maximum Gasteiger partial charge on any atom is 0.0540 e. The van der Waals surface area contributed by atoms with Gasteiger partial charge in [-0.05, 0) is 12.8 Å². The average molecular weight is 565 g/mol. The molecule has 0 unspecified atom stereocenters. The van der Waals surface area contributed by atoms with Crippen molar-refractivity contribution in [2.45, 2.75) is 251 Å². The van der Waals surface area contributed by atoms with Crippen molar-refractivity contribution in [2.24, 2.45) is 0 Å². The lowest BCUT2D eigenvalue weighted by Gasteiger charge is -2.10. The fourth-order valence-electron chi connectivity index (χ4n) is 6.35. The van der Waals surface area contributed by atoms with Crippen LogP contribution in [-0.4, -0.2) is 11.2 Å². The highest BCUT2D eigenvalue weighted by molar-refractivity contribution is 4.58. The quantitative estimate of drug-likeness (QED) is 0.0750. The molecule has 0 aromatic rings. The molecule has 0 aliphatic rings. The lowest BCUT2D eigenvalue weighted by atomic mass is 10.0. The maximum atomic E-state index is 10.3. The molecule has 1 nitrogen and oxygen atoms in total. The van der Waals surface area contributed by atoms with Crippen LogP contribution in [0.5, 0.6) is 0 Å². The Hall–Kier alpha value is -0.0400. The molecule has 1 heteroatoms. The van der Waals surface area contributed by atoms with Gasteiger partial charge in [-0.2, -0.15) is 0 Å². The largest absolute Gasteiger partial charge is 0.393 e. The first-order valence-corrected chi connectivity index (χ1v) is 19.5. The Morgan fingerprint density at radius 2 is 0.400 bits per heavy atom. The maximum absolute atomic E-state index is 10.3. The predicted molar refractivity (Wildman–Crippen MR) is 184 cm³/mol. The number of hydrogen-bond acceptors (Lipinski definition) is 1. The molecule has 242 valence electrons. The summed E-state index contributed by atoms with van der Waals surface area (Å²) in [6.07, 6.45) is 50.4. The van der Waals surface area contributed by atoms with Crippen LogP contribution in [0.2, 0.25) is 0 Å². The SMILES string of the molecule is CCCCCCCCCCCCCCCCCCCC(O)CCCCCCCCCCCCCCCCCCC. The van der Waals surface area contributed by atoms with E-state index in [9.17, 15) is 5.11 Å². The van der Waals surface area contributed by atoms with Gasteiger partial charge in [0.15, 0.2) is 0 Å². The van der Waals surface area contributed by atoms with Crippen LogP contribution in [0.3, 0.4) is 0 Å². The van der Waals surface area contributed by atoms with Gasteiger partial charge in [-0.1, -0.05) is 232 Å². The Bertz CT molecular complexity index is 381. The van der Waals surface area contributed by atoms with Gasteiger partial charge in [0.1, 0.15) is 0 Å².